The molecule has 8 nitrogen and oxygen atoms in total. The van der Waals surface area contributed by atoms with Gasteiger partial charge in [-0.2, -0.15) is 5.10 Å². The monoisotopic (exact) mass is 365 g/mol. The summed E-state index contributed by atoms with van der Waals surface area (Å²) in [6.45, 7) is 3.64. The van der Waals surface area contributed by atoms with Crippen molar-refractivity contribution in [3.05, 3.63) is 42.2 Å². The molecule has 0 aromatic carbocycles. The second kappa shape index (κ2) is 6.94. The topological polar surface area (TPSA) is 80.0 Å². The third-order valence-corrected chi connectivity index (χ3v) is 5.38. The molecule has 0 spiro atoms. The van der Waals surface area contributed by atoms with Crippen LogP contribution in [0.25, 0.3) is 10.9 Å². The Morgan fingerprint density at radius 1 is 1.26 bits per heavy atom. The van der Waals surface area contributed by atoms with Gasteiger partial charge in [-0.15, -0.1) is 0 Å². The highest BCUT2D eigenvalue weighted by Gasteiger charge is 2.28. The summed E-state index contributed by atoms with van der Waals surface area (Å²) in [4.78, 5) is 29.7. The fourth-order valence-corrected chi connectivity index (χ4v) is 3.62. The highest BCUT2D eigenvalue weighted by Crippen LogP contribution is 2.26. The number of carbonyl (C=O) groups is 1. The molecule has 0 bridgehead atoms. The van der Waals surface area contributed by atoms with Crippen LogP contribution in [0.5, 0.6) is 0 Å². The average Bonchev–Trinajstić information content (AvgIpc) is 3.05. The zero-order valence-electron chi connectivity index (χ0n) is 15.8. The molecule has 140 valence electrons. The van der Waals surface area contributed by atoms with Crippen molar-refractivity contribution in [1.29, 1.82) is 0 Å². The first-order valence-corrected chi connectivity index (χ1v) is 9.12. The highest BCUT2D eigenvalue weighted by atomic mass is 16.2. The lowest BCUT2D eigenvalue weighted by Gasteiger charge is -2.37. The van der Waals surface area contributed by atoms with Gasteiger partial charge >= 0.3 is 0 Å². The van der Waals surface area contributed by atoms with Gasteiger partial charge in [0.1, 0.15) is 12.1 Å². The van der Waals surface area contributed by atoms with E-state index in [4.69, 9.17) is 0 Å². The summed E-state index contributed by atoms with van der Waals surface area (Å²) >= 11 is 0. The van der Waals surface area contributed by atoms with E-state index in [9.17, 15) is 4.79 Å². The molecule has 1 fully saturated rings. The van der Waals surface area contributed by atoms with Crippen LogP contribution in [-0.2, 0) is 7.05 Å². The third kappa shape index (κ3) is 3.22. The quantitative estimate of drug-likeness (QED) is 0.704. The number of amides is 1. The lowest BCUT2D eigenvalue weighted by Crippen LogP contribution is -2.46. The number of aryl methyl sites for hydroxylation is 2. The van der Waals surface area contributed by atoms with E-state index in [1.165, 1.54) is 0 Å². The minimum Gasteiger partial charge on any atom is -0.356 e. The van der Waals surface area contributed by atoms with Crippen LogP contribution >= 0.6 is 0 Å². The van der Waals surface area contributed by atoms with Crippen molar-refractivity contribution >= 4 is 22.6 Å². The van der Waals surface area contributed by atoms with Gasteiger partial charge < -0.3 is 9.80 Å². The molecule has 0 atom stereocenters. The van der Waals surface area contributed by atoms with Crippen LogP contribution in [0.3, 0.4) is 0 Å². The number of rotatable bonds is 3. The highest BCUT2D eigenvalue weighted by molar-refractivity contribution is 5.92. The first kappa shape index (κ1) is 17.4. The van der Waals surface area contributed by atoms with Crippen LogP contribution in [0.2, 0.25) is 0 Å². The maximum Gasteiger partial charge on any atom is 0.274 e. The van der Waals surface area contributed by atoms with Crippen molar-refractivity contribution in [2.24, 2.45) is 7.05 Å². The molecular formula is C19H23N7O. The van der Waals surface area contributed by atoms with Gasteiger partial charge in [0.15, 0.2) is 5.69 Å². The summed E-state index contributed by atoms with van der Waals surface area (Å²) in [6, 6.07) is 4.00. The molecule has 4 heterocycles. The lowest BCUT2D eigenvalue weighted by molar-refractivity contribution is 0.0702. The molecule has 27 heavy (non-hydrogen) atoms. The third-order valence-electron chi connectivity index (χ3n) is 5.38. The molecule has 0 N–H and O–H groups in total. The summed E-state index contributed by atoms with van der Waals surface area (Å²) in [7, 11) is 3.73. The maximum atomic E-state index is 12.7. The zero-order chi connectivity index (χ0) is 19.0. The number of hydrogen-bond donors (Lipinski definition) is 0. The van der Waals surface area contributed by atoms with Crippen molar-refractivity contribution in [2.45, 2.75) is 25.8 Å². The normalized spacial score (nSPS) is 15.3. The van der Waals surface area contributed by atoms with Gasteiger partial charge in [-0.3, -0.25) is 14.5 Å². The van der Waals surface area contributed by atoms with Crippen molar-refractivity contribution in [3.63, 3.8) is 0 Å². The standard InChI is InChI=1S/C19H23N7O/c1-13-10-16(23-25(13)3)19(27)24(2)14-5-8-26(9-6-14)18-15-4-7-20-11-17(15)21-12-22-18/h4,7,10-12,14H,5-6,8-9H2,1-3H3. The van der Waals surface area contributed by atoms with E-state index in [-0.39, 0.29) is 11.9 Å². The second-order valence-electron chi connectivity index (χ2n) is 7.02. The molecular weight excluding hydrogens is 342 g/mol. The van der Waals surface area contributed by atoms with Crippen LogP contribution in [0, 0.1) is 6.92 Å². The summed E-state index contributed by atoms with van der Waals surface area (Å²) in [5.74, 6) is 0.922. The van der Waals surface area contributed by atoms with Crippen LogP contribution in [-0.4, -0.2) is 61.7 Å². The largest absolute Gasteiger partial charge is 0.356 e. The Morgan fingerprint density at radius 2 is 2.04 bits per heavy atom. The summed E-state index contributed by atoms with van der Waals surface area (Å²) in [5.41, 5.74) is 2.34. The molecule has 1 aliphatic rings. The number of carbonyl (C=O) groups excluding carboxylic acids is 1. The Labute approximate surface area is 157 Å². The Balaban J connectivity index is 1.46. The predicted octanol–water partition coefficient (Wildman–Crippen LogP) is 1.81. The summed E-state index contributed by atoms with van der Waals surface area (Å²) in [6.07, 6.45) is 6.90. The average molecular weight is 365 g/mol. The SMILES string of the molecule is Cc1cc(C(=O)N(C)C2CCN(c3ncnc4cnccc34)CC2)nn1C. The fraction of sp³-hybridized carbons (Fsp3) is 0.421. The van der Waals surface area contributed by atoms with Gasteiger partial charge in [-0.05, 0) is 31.9 Å². The minimum atomic E-state index is -0.0179. The first-order valence-electron chi connectivity index (χ1n) is 9.12. The lowest BCUT2D eigenvalue weighted by atomic mass is 10.0. The minimum absolute atomic E-state index is 0.0179. The summed E-state index contributed by atoms with van der Waals surface area (Å²) in [5, 5.41) is 5.33. The van der Waals surface area contributed by atoms with E-state index in [1.807, 2.05) is 38.1 Å². The van der Waals surface area contributed by atoms with E-state index >= 15 is 0 Å². The van der Waals surface area contributed by atoms with Gasteiger partial charge in [0.05, 0.1) is 11.7 Å². The van der Waals surface area contributed by atoms with Gasteiger partial charge in [0, 0.05) is 50.5 Å². The number of anilines is 1. The van der Waals surface area contributed by atoms with Crippen LogP contribution < -0.4 is 4.90 Å². The predicted molar refractivity (Wildman–Crippen MR) is 103 cm³/mol. The molecule has 0 saturated carbocycles. The molecule has 3 aromatic rings. The van der Waals surface area contributed by atoms with Crippen molar-refractivity contribution in [3.8, 4) is 0 Å². The Hall–Kier alpha value is -3.03. The number of fused-ring (bicyclic) bond motifs is 1. The number of aromatic nitrogens is 5. The van der Waals surface area contributed by atoms with Crippen molar-refractivity contribution in [1.82, 2.24) is 29.6 Å². The molecule has 0 radical (unpaired) electrons. The van der Waals surface area contributed by atoms with E-state index in [1.54, 1.807) is 23.4 Å². The molecule has 0 unspecified atom stereocenters. The van der Waals surface area contributed by atoms with Gasteiger partial charge in [0.2, 0.25) is 0 Å². The number of nitrogens with zero attached hydrogens (tertiary/aromatic N) is 7. The zero-order valence-corrected chi connectivity index (χ0v) is 15.8. The molecule has 1 amide bonds. The van der Waals surface area contributed by atoms with Gasteiger partial charge in [-0.1, -0.05) is 0 Å². The van der Waals surface area contributed by atoms with E-state index in [2.05, 4.69) is 25.0 Å². The van der Waals surface area contributed by atoms with Crippen LogP contribution in [0.1, 0.15) is 29.0 Å². The molecule has 1 aliphatic heterocycles. The number of hydrogen-bond acceptors (Lipinski definition) is 6. The number of pyridine rings is 1. The van der Waals surface area contributed by atoms with E-state index in [0.717, 1.165) is 48.3 Å². The van der Waals surface area contributed by atoms with Crippen molar-refractivity contribution < 1.29 is 4.79 Å². The Bertz CT molecular complexity index is 950. The van der Waals surface area contributed by atoms with Gasteiger partial charge in [0.25, 0.3) is 5.91 Å². The molecule has 1 saturated heterocycles. The van der Waals surface area contributed by atoms with Gasteiger partial charge in [-0.25, -0.2) is 9.97 Å². The Morgan fingerprint density at radius 3 is 2.74 bits per heavy atom. The summed E-state index contributed by atoms with van der Waals surface area (Å²) < 4.78 is 1.73. The second-order valence-corrected chi connectivity index (χ2v) is 7.02. The van der Waals surface area contributed by atoms with Crippen LogP contribution in [0.4, 0.5) is 5.82 Å². The Kier molecular flexibility index (Phi) is 4.47. The molecule has 8 heteroatoms. The number of piperidine rings is 1. The molecule has 3 aromatic heterocycles. The molecule has 0 aliphatic carbocycles. The fourth-order valence-electron chi connectivity index (χ4n) is 3.62. The maximum absolute atomic E-state index is 12.7. The molecule has 4 rings (SSSR count). The van der Waals surface area contributed by atoms with Crippen molar-refractivity contribution in [2.75, 3.05) is 25.0 Å². The van der Waals surface area contributed by atoms with E-state index in [0.29, 0.717) is 5.69 Å². The van der Waals surface area contributed by atoms with E-state index < -0.39 is 0 Å². The van der Waals surface area contributed by atoms with Crippen LogP contribution in [0.15, 0.2) is 30.9 Å². The smallest absolute Gasteiger partial charge is 0.274 e. The first-order chi connectivity index (χ1) is 13.0.